The lowest BCUT2D eigenvalue weighted by Gasteiger charge is -2.19. The van der Waals surface area contributed by atoms with E-state index in [0.717, 1.165) is 11.3 Å². The minimum atomic E-state index is -0.398. The van der Waals surface area contributed by atoms with Gasteiger partial charge in [0, 0.05) is 12.2 Å². The zero-order valence-corrected chi connectivity index (χ0v) is 9.10. The summed E-state index contributed by atoms with van der Waals surface area (Å²) in [5.74, 6) is -0.0572. The maximum atomic E-state index is 11.8. The molecule has 0 aliphatic carbocycles. The number of anilines is 1. The fourth-order valence-electron chi connectivity index (χ4n) is 1.98. The van der Waals surface area contributed by atoms with Crippen LogP contribution in [0.1, 0.15) is 17.5 Å². The van der Waals surface area contributed by atoms with Crippen molar-refractivity contribution in [3.8, 4) is 6.07 Å². The highest BCUT2D eigenvalue weighted by molar-refractivity contribution is 6.00. The Hall–Kier alpha value is -1.86. The Morgan fingerprint density at radius 3 is 2.88 bits per heavy atom. The summed E-state index contributed by atoms with van der Waals surface area (Å²) in [5, 5.41) is 8.93. The van der Waals surface area contributed by atoms with Crippen LogP contribution in [0.15, 0.2) is 18.2 Å². The van der Waals surface area contributed by atoms with Gasteiger partial charge in [-0.3, -0.25) is 4.79 Å². The summed E-state index contributed by atoms with van der Waals surface area (Å²) in [5.41, 5.74) is 7.92. The highest BCUT2D eigenvalue weighted by atomic mass is 16.2. The van der Waals surface area contributed by atoms with Gasteiger partial charge in [0.2, 0.25) is 5.91 Å². The molecule has 0 radical (unpaired) electrons. The number of hydrogen-bond donors (Lipinski definition) is 1. The highest BCUT2D eigenvalue weighted by Gasteiger charge is 2.30. The second kappa shape index (κ2) is 3.95. The van der Waals surface area contributed by atoms with E-state index in [0.29, 0.717) is 18.5 Å². The number of carbonyl (C=O) groups excluding carboxylic acids is 1. The van der Waals surface area contributed by atoms with Crippen LogP contribution in [0.4, 0.5) is 5.69 Å². The van der Waals surface area contributed by atoms with Crippen LogP contribution in [0.5, 0.6) is 0 Å². The third-order valence-corrected chi connectivity index (χ3v) is 2.96. The largest absolute Gasteiger partial charge is 0.320 e. The molecule has 1 fully saturated rings. The number of benzene rings is 1. The van der Waals surface area contributed by atoms with Crippen LogP contribution >= 0.6 is 0 Å². The van der Waals surface area contributed by atoms with Crippen molar-refractivity contribution in [2.75, 3.05) is 11.4 Å². The molecule has 1 aliphatic heterocycles. The summed E-state index contributed by atoms with van der Waals surface area (Å²) in [7, 11) is 0. The molecule has 1 atom stereocenters. The molecule has 1 aliphatic rings. The van der Waals surface area contributed by atoms with Crippen LogP contribution in [0.3, 0.4) is 0 Å². The third-order valence-electron chi connectivity index (χ3n) is 2.96. The van der Waals surface area contributed by atoms with Crippen molar-refractivity contribution < 1.29 is 4.79 Å². The zero-order valence-electron chi connectivity index (χ0n) is 9.10. The summed E-state index contributed by atoms with van der Waals surface area (Å²) in [6.07, 6.45) is 0.676. The molecule has 0 saturated carbocycles. The number of nitriles is 1. The van der Waals surface area contributed by atoms with Gasteiger partial charge < -0.3 is 10.6 Å². The monoisotopic (exact) mass is 215 g/mol. The van der Waals surface area contributed by atoms with Crippen molar-refractivity contribution >= 4 is 11.6 Å². The molecule has 4 nitrogen and oxygen atoms in total. The van der Waals surface area contributed by atoms with E-state index >= 15 is 0 Å². The lowest BCUT2D eigenvalue weighted by atomic mass is 10.1. The molecule has 4 heteroatoms. The van der Waals surface area contributed by atoms with Gasteiger partial charge in [0.05, 0.1) is 17.7 Å². The molecule has 1 saturated heterocycles. The van der Waals surface area contributed by atoms with E-state index in [2.05, 4.69) is 6.07 Å². The number of rotatable bonds is 1. The molecule has 0 aromatic heterocycles. The topological polar surface area (TPSA) is 70.1 Å². The van der Waals surface area contributed by atoms with Crippen LogP contribution in [0, 0.1) is 18.3 Å². The molecule has 2 N–H and O–H groups in total. The average Bonchev–Trinajstić information content (AvgIpc) is 2.61. The molecule has 1 amide bonds. The van der Waals surface area contributed by atoms with Gasteiger partial charge in [-0.05, 0) is 31.0 Å². The lowest BCUT2D eigenvalue weighted by molar-refractivity contribution is -0.118. The molecule has 2 rings (SSSR count). The summed E-state index contributed by atoms with van der Waals surface area (Å²) < 4.78 is 0. The molecule has 1 aromatic rings. The molecule has 0 bridgehead atoms. The molecule has 1 heterocycles. The van der Waals surface area contributed by atoms with E-state index < -0.39 is 6.04 Å². The van der Waals surface area contributed by atoms with Crippen molar-refractivity contribution in [3.05, 3.63) is 29.3 Å². The van der Waals surface area contributed by atoms with Crippen molar-refractivity contribution in [1.82, 2.24) is 0 Å². The highest BCUT2D eigenvalue weighted by Crippen LogP contribution is 2.26. The Balaban J connectivity index is 2.43. The van der Waals surface area contributed by atoms with Gasteiger partial charge in [-0.15, -0.1) is 0 Å². The van der Waals surface area contributed by atoms with Crippen LogP contribution in [-0.2, 0) is 4.79 Å². The van der Waals surface area contributed by atoms with Gasteiger partial charge in [-0.2, -0.15) is 5.26 Å². The Labute approximate surface area is 94.3 Å². The van der Waals surface area contributed by atoms with E-state index in [9.17, 15) is 4.79 Å². The first-order chi connectivity index (χ1) is 7.65. The third kappa shape index (κ3) is 1.55. The van der Waals surface area contributed by atoms with Gasteiger partial charge in [-0.1, -0.05) is 6.07 Å². The fraction of sp³-hybridized carbons (Fsp3) is 0.333. The predicted molar refractivity (Wildman–Crippen MR) is 60.8 cm³/mol. The van der Waals surface area contributed by atoms with Crippen molar-refractivity contribution in [2.24, 2.45) is 5.73 Å². The molecular weight excluding hydrogens is 202 g/mol. The first-order valence-electron chi connectivity index (χ1n) is 5.22. The number of hydrogen-bond acceptors (Lipinski definition) is 3. The maximum Gasteiger partial charge on any atom is 0.243 e. The minimum Gasteiger partial charge on any atom is -0.320 e. The zero-order chi connectivity index (χ0) is 11.7. The van der Waals surface area contributed by atoms with Crippen LogP contribution in [0.25, 0.3) is 0 Å². The molecule has 82 valence electrons. The molecule has 0 spiro atoms. The average molecular weight is 215 g/mol. The lowest BCUT2D eigenvalue weighted by Crippen LogP contribution is -2.34. The molecule has 16 heavy (non-hydrogen) atoms. The second-order valence-electron chi connectivity index (χ2n) is 3.95. The minimum absolute atomic E-state index is 0.0572. The standard InChI is InChI=1S/C12H13N3O/c1-8-9(7-13)3-2-4-11(8)15-6-5-10(14)12(15)16/h2-4,10H,5-6,14H2,1H3/t10-/m0/s1. The van der Waals surface area contributed by atoms with Gasteiger partial charge in [0.15, 0.2) is 0 Å². The molecule has 0 unspecified atom stereocenters. The quantitative estimate of drug-likeness (QED) is 0.757. The van der Waals surface area contributed by atoms with E-state index in [4.69, 9.17) is 11.0 Å². The van der Waals surface area contributed by atoms with Gasteiger partial charge >= 0.3 is 0 Å². The van der Waals surface area contributed by atoms with E-state index in [-0.39, 0.29) is 5.91 Å². The number of amides is 1. The normalized spacial score (nSPS) is 19.9. The first kappa shape index (κ1) is 10.7. The second-order valence-corrected chi connectivity index (χ2v) is 3.95. The summed E-state index contributed by atoms with van der Waals surface area (Å²) in [4.78, 5) is 13.4. The number of nitrogens with two attached hydrogens (primary N) is 1. The smallest absolute Gasteiger partial charge is 0.243 e. The van der Waals surface area contributed by atoms with Crippen LogP contribution in [0.2, 0.25) is 0 Å². The van der Waals surface area contributed by atoms with Crippen molar-refractivity contribution in [1.29, 1.82) is 5.26 Å². The molecular formula is C12H13N3O. The first-order valence-corrected chi connectivity index (χ1v) is 5.22. The summed E-state index contributed by atoms with van der Waals surface area (Å²) in [6.45, 7) is 2.49. The fourth-order valence-corrected chi connectivity index (χ4v) is 1.98. The SMILES string of the molecule is Cc1c(C#N)cccc1N1CC[C@H](N)C1=O. The van der Waals surface area contributed by atoms with Gasteiger partial charge in [0.1, 0.15) is 0 Å². The predicted octanol–water partition coefficient (Wildman–Crippen LogP) is 0.931. The Morgan fingerprint density at radius 2 is 2.31 bits per heavy atom. The Bertz CT molecular complexity index is 476. The van der Waals surface area contributed by atoms with E-state index in [1.54, 1.807) is 17.0 Å². The van der Waals surface area contributed by atoms with Gasteiger partial charge in [-0.25, -0.2) is 0 Å². The van der Waals surface area contributed by atoms with Gasteiger partial charge in [0.25, 0.3) is 0 Å². The Kier molecular flexibility index (Phi) is 2.63. The molecule has 1 aromatic carbocycles. The summed E-state index contributed by atoms with van der Waals surface area (Å²) >= 11 is 0. The number of carbonyl (C=O) groups is 1. The van der Waals surface area contributed by atoms with E-state index in [1.807, 2.05) is 13.0 Å². The Morgan fingerprint density at radius 1 is 1.56 bits per heavy atom. The summed E-state index contributed by atoms with van der Waals surface area (Å²) in [6, 6.07) is 7.11. The van der Waals surface area contributed by atoms with Crippen LogP contribution in [-0.4, -0.2) is 18.5 Å². The van der Waals surface area contributed by atoms with Crippen LogP contribution < -0.4 is 10.6 Å². The maximum absolute atomic E-state index is 11.8. The van der Waals surface area contributed by atoms with E-state index in [1.165, 1.54) is 0 Å². The van der Waals surface area contributed by atoms with Crippen molar-refractivity contribution in [3.63, 3.8) is 0 Å². The number of nitrogens with zero attached hydrogens (tertiary/aromatic N) is 2. The van der Waals surface area contributed by atoms with Crippen molar-refractivity contribution in [2.45, 2.75) is 19.4 Å².